The number of nitrogens with one attached hydrogen (secondary N) is 1. The molecule has 2 aromatic heterocycles. The van der Waals surface area contributed by atoms with Crippen LogP contribution in [0.2, 0.25) is 5.02 Å². The van der Waals surface area contributed by atoms with Gasteiger partial charge in [0.05, 0.1) is 18.6 Å². The maximum absolute atomic E-state index is 13.0. The summed E-state index contributed by atoms with van der Waals surface area (Å²) in [5, 5.41) is 1.21. The predicted molar refractivity (Wildman–Crippen MR) is 129 cm³/mol. The Kier molecular flexibility index (Phi) is 5.92. The second-order valence-electron chi connectivity index (χ2n) is 7.21. The molecule has 0 aliphatic rings. The molecule has 2 heterocycles. The Labute approximate surface area is 190 Å². The van der Waals surface area contributed by atoms with Gasteiger partial charge in [0, 0.05) is 26.5 Å². The minimum absolute atomic E-state index is 0.215. The number of benzene rings is 2. The van der Waals surface area contributed by atoms with Crippen molar-refractivity contribution in [3.63, 3.8) is 0 Å². The van der Waals surface area contributed by atoms with Gasteiger partial charge in [-0.3, -0.25) is 4.72 Å². The number of methoxy groups -OCH3 is 1. The van der Waals surface area contributed by atoms with Gasteiger partial charge in [-0.2, -0.15) is 0 Å². The van der Waals surface area contributed by atoms with Crippen LogP contribution in [-0.2, 0) is 15.8 Å². The van der Waals surface area contributed by atoms with Crippen molar-refractivity contribution in [3.8, 4) is 16.9 Å². The van der Waals surface area contributed by atoms with E-state index >= 15 is 0 Å². The molecule has 0 radical (unpaired) electrons. The number of pyridine rings is 1. The maximum Gasteiger partial charge on any atom is 0.236 e. The van der Waals surface area contributed by atoms with Crippen LogP contribution in [0.5, 0.6) is 5.75 Å². The topological polar surface area (TPSA) is 68.3 Å². The molecule has 0 amide bonds. The SMILES string of the molecule is COc1cccc(-c2c(C)sc3nc(C)cc(NS(=O)(=O)Cc4ccccc4Cl)c23)c1. The van der Waals surface area contributed by atoms with Gasteiger partial charge in [0.1, 0.15) is 10.6 Å². The van der Waals surface area contributed by atoms with Gasteiger partial charge in [-0.25, -0.2) is 13.4 Å². The lowest BCUT2D eigenvalue weighted by atomic mass is 10.0. The lowest BCUT2D eigenvalue weighted by Gasteiger charge is -2.13. The van der Waals surface area contributed by atoms with Gasteiger partial charge in [0.15, 0.2) is 0 Å². The molecular weight excluding hydrogens is 452 g/mol. The van der Waals surface area contributed by atoms with E-state index in [1.54, 1.807) is 37.4 Å². The predicted octanol–water partition coefficient (Wildman–Crippen LogP) is 6.18. The molecule has 0 bridgehead atoms. The molecule has 4 rings (SSSR count). The number of ether oxygens (including phenoxy) is 1. The Hall–Kier alpha value is -2.61. The van der Waals surface area contributed by atoms with E-state index in [-0.39, 0.29) is 5.75 Å². The molecule has 0 atom stereocenters. The van der Waals surface area contributed by atoms with Crippen molar-refractivity contribution in [1.29, 1.82) is 0 Å². The first-order valence-corrected chi connectivity index (χ1v) is 12.4. The van der Waals surface area contributed by atoms with Crippen LogP contribution in [0.4, 0.5) is 5.69 Å². The Morgan fingerprint density at radius 1 is 1.10 bits per heavy atom. The third-order valence-corrected chi connectivity index (χ3v) is 7.48. The number of aromatic nitrogens is 1. The van der Waals surface area contributed by atoms with Crippen molar-refractivity contribution >= 4 is 48.9 Å². The number of nitrogens with zero attached hydrogens (tertiary/aromatic N) is 1. The molecular formula is C23H21ClN2O3S2. The molecule has 1 N–H and O–H groups in total. The van der Waals surface area contributed by atoms with E-state index in [9.17, 15) is 8.42 Å². The summed E-state index contributed by atoms with van der Waals surface area (Å²) < 4.78 is 34.2. The van der Waals surface area contributed by atoms with Crippen molar-refractivity contribution in [1.82, 2.24) is 4.98 Å². The van der Waals surface area contributed by atoms with Crippen LogP contribution in [0.25, 0.3) is 21.3 Å². The number of hydrogen-bond acceptors (Lipinski definition) is 5. The number of aryl methyl sites for hydroxylation is 2. The van der Waals surface area contributed by atoms with Gasteiger partial charge >= 0.3 is 0 Å². The number of sulfonamides is 1. The van der Waals surface area contributed by atoms with Gasteiger partial charge in [-0.05, 0) is 49.2 Å². The highest BCUT2D eigenvalue weighted by molar-refractivity contribution is 7.92. The highest BCUT2D eigenvalue weighted by Crippen LogP contribution is 2.42. The Morgan fingerprint density at radius 2 is 1.87 bits per heavy atom. The normalized spacial score (nSPS) is 11.6. The zero-order valence-corrected chi connectivity index (χ0v) is 19.7. The number of fused-ring (bicyclic) bond motifs is 1. The van der Waals surface area contributed by atoms with E-state index in [2.05, 4.69) is 9.71 Å². The van der Waals surface area contributed by atoms with E-state index in [0.29, 0.717) is 16.3 Å². The number of rotatable bonds is 6. The van der Waals surface area contributed by atoms with Crippen LogP contribution in [-0.4, -0.2) is 20.5 Å². The molecule has 0 fully saturated rings. The molecule has 4 aromatic rings. The van der Waals surface area contributed by atoms with Gasteiger partial charge in [-0.1, -0.05) is 41.9 Å². The fourth-order valence-corrected chi connectivity index (χ4v) is 6.19. The summed E-state index contributed by atoms with van der Waals surface area (Å²) in [7, 11) is -2.08. The van der Waals surface area contributed by atoms with Gasteiger partial charge in [0.25, 0.3) is 0 Å². The molecule has 8 heteroatoms. The van der Waals surface area contributed by atoms with Crippen LogP contribution in [0, 0.1) is 13.8 Å². The first-order valence-electron chi connectivity index (χ1n) is 9.56. The summed E-state index contributed by atoms with van der Waals surface area (Å²) in [4.78, 5) is 6.48. The van der Waals surface area contributed by atoms with E-state index in [0.717, 1.165) is 37.7 Å². The molecule has 0 unspecified atom stereocenters. The van der Waals surface area contributed by atoms with Crippen LogP contribution >= 0.6 is 22.9 Å². The van der Waals surface area contributed by atoms with Gasteiger partial charge in [-0.15, -0.1) is 11.3 Å². The first-order chi connectivity index (χ1) is 14.8. The van der Waals surface area contributed by atoms with Gasteiger partial charge < -0.3 is 4.74 Å². The molecule has 0 saturated heterocycles. The van der Waals surface area contributed by atoms with E-state index < -0.39 is 10.0 Å². The molecule has 0 aliphatic carbocycles. The summed E-state index contributed by atoms with van der Waals surface area (Å²) in [5.41, 5.74) is 3.69. The monoisotopic (exact) mass is 472 g/mol. The van der Waals surface area contributed by atoms with Crippen LogP contribution in [0.3, 0.4) is 0 Å². The maximum atomic E-state index is 13.0. The largest absolute Gasteiger partial charge is 0.497 e. The molecule has 0 spiro atoms. The standard InChI is InChI=1S/C23H21ClN2O3S2/c1-14-11-20(26-31(27,28)13-17-7-4-5-10-19(17)24)22-21(15(2)30-23(22)25-14)16-8-6-9-18(12-16)29-3/h4-12H,13H2,1-3H3,(H,25,26). The van der Waals surface area contributed by atoms with Gasteiger partial charge in [0.2, 0.25) is 10.0 Å². The third-order valence-electron chi connectivity index (χ3n) is 4.89. The highest BCUT2D eigenvalue weighted by atomic mass is 35.5. The number of thiophene rings is 1. The summed E-state index contributed by atoms with van der Waals surface area (Å²) >= 11 is 7.72. The number of halogens is 1. The smallest absolute Gasteiger partial charge is 0.236 e. The lowest BCUT2D eigenvalue weighted by Crippen LogP contribution is -2.16. The van der Waals surface area contributed by atoms with E-state index in [1.165, 1.54) is 11.3 Å². The lowest BCUT2D eigenvalue weighted by molar-refractivity contribution is 0.415. The molecule has 5 nitrogen and oxygen atoms in total. The number of hydrogen-bond donors (Lipinski definition) is 1. The molecule has 31 heavy (non-hydrogen) atoms. The third kappa shape index (κ3) is 4.54. The number of anilines is 1. The van der Waals surface area contributed by atoms with E-state index in [4.69, 9.17) is 16.3 Å². The minimum Gasteiger partial charge on any atom is -0.497 e. The second kappa shape index (κ2) is 8.49. The van der Waals surface area contributed by atoms with Crippen LogP contribution in [0.15, 0.2) is 54.6 Å². The quantitative estimate of drug-likeness (QED) is 0.363. The van der Waals surface area contributed by atoms with Crippen molar-refractivity contribution in [2.75, 3.05) is 11.8 Å². The zero-order valence-electron chi connectivity index (χ0n) is 17.3. The van der Waals surface area contributed by atoms with Crippen LogP contribution in [0.1, 0.15) is 16.1 Å². The Bertz CT molecular complexity index is 1380. The van der Waals surface area contributed by atoms with Crippen molar-refractivity contribution < 1.29 is 13.2 Å². The molecule has 0 saturated carbocycles. The summed E-state index contributed by atoms with van der Waals surface area (Å²) in [6, 6.07) is 16.4. The molecule has 0 aliphatic heterocycles. The summed E-state index contributed by atoms with van der Waals surface area (Å²) in [6.45, 7) is 3.87. The van der Waals surface area contributed by atoms with Crippen molar-refractivity contribution in [2.24, 2.45) is 0 Å². The molecule has 160 valence electrons. The van der Waals surface area contributed by atoms with Crippen molar-refractivity contribution in [3.05, 3.63) is 75.8 Å². The summed E-state index contributed by atoms with van der Waals surface area (Å²) in [5.74, 6) is 0.518. The Balaban J connectivity index is 1.83. The Morgan fingerprint density at radius 3 is 2.61 bits per heavy atom. The van der Waals surface area contributed by atoms with E-state index in [1.807, 2.05) is 38.1 Å². The minimum atomic E-state index is -3.70. The highest BCUT2D eigenvalue weighted by Gasteiger charge is 2.21. The fraction of sp³-hybridized carbons (Fsp3) is 0.174. The summed E-state index contributed by atoms with van der Waals surface area (Å²) in [6.07, 6.45) is 0. The first kappa shape index (κ1) is 21.6. The average Bonchev–Trinajstić information content (AvgIpc) is 3.05. The average molecular weight is 473 g/mol. The zero-order chi connectivity index (χ0) is 22.2. The molecule has 2 aromatic carbocycles. The van der Waals surface area contributed by atoms with Crippen LogP contribution < -0.4 is 9.46 Å². The van der Waals surface area contributed by atoms with Crippen molar-refractivity contribution in [2.45, 2.75) is 19.6 Å². The second-order valence-corrected chi connectivity index (χ2v) is 10.5. The fourth-order valence-electron chi connectivity index (χ4n) is 3.56.